The molecular weight excluding hydrogens is 234 g/mol. The van der Waals surface area contributed by atoms with Gasteiger partial charge in [-0.25, -0.2) is 0 Å². The number of fused-ring (bicyclic) bond motifs is 1. The Morgan fingerprint density at radius 2 is 1.68 bits per heavy atom. The Bertz CT molecular complexity index is 582. The van der Waals surface area contributed by atoms with Gasteiger partial charge in [-0.3, -0.25) is 9.36 Å². The van der Waals surface area contributed by atoms with Crippen LogP contribution in [0.15, 0.2) is 30.3 Å². The average Bonchev–Trinajstić information content (AvgIpc) is 2.76. The summed E-state index contributed by atoms with van der Waals surface area (Å²) in [7, 11) is 0. The smallest absolute Gasteiger partial charge is 0.237 e. The molecule has 2 rings (SSSR count). The third-order valence-corrected chi connectivity index (χ3v) is 4.58. The molecule has 1 aromatic carbocycles. The Morgan fingerprint density at radius 3 is 2.26 bits per heavy atom. The van der Waals surface area contributed by atoms with Crippen molar-refractivity contribution in [3.05, 3.63) is 36.0 Å². The van der Waals surface area contributed by atoms with Crippen molar-refractivity contribution in [2.75, 3.05) is 0 Å². The third kappa shape index (κ3) is 2.09. The molecule has 0 fully saturated rings. The maximum absolute atomic E-state index is 13.0. The molecule has 0 aliphatic rings. The number of para-hydroxylation sites is 1. The van der Waals surface area contributed by atoms with E-state index in [1.165, 1.54) is 0 Å². The van der Waals surface area contributed by atoms with Crippen LogP contribution in [-0.2, 0) is 0 Å². The van der Waals surface area contributed by atoms with E-state index in [-0.39, 0.29) is 11.3 Å². The highest BCUT2D eigenvalue weighted by atomic mass is 16.2. The molecule has 0 saturated heterocycles. The van der Waals surface area contributed by atoms with Crippen LogP contribution >= 0.6 is 0 Å². The molecule has 0 saturated carbocycles. The number of benzene rings is 1. The first-order valence-corrected chi connectivity index (χ1v) is 7.21. The first-order chi connectivity index (χ1) is 9.09. The number of hydrogen-bond acceptors (Lipinski definition) is 1. The number of aryl methyl sites for hydroxylation is 1. The van der Waals surface area contributed by atoms with Gasteiger partial charge in [0.1, 0.15) is 0 Å². The summed E-state index contributed by atoms with van der Waals surface area (Å²) in [6.45, 7) is 8.37. The van der Waals surface area contributed by atoms with Gasteiger partial charge in [0, 0.05) is 16.5 Å². The SMILES string of the molecule is CCC(CC)(CC)C(=O)n1c(C)cc2ccccc21. The quantitative estimate of drug-likeness (QED) is 0.770. The van der Waals surface area contributed by atoms with E-state index in [0.29, 0.717) is 0 Å². The maximum atomic E-state index is 13.0. The molecule has 1 heterocycles. The minimum Gasteiger partial charge on any atom is -0.284 e. The van der Waals surface area contributed by atoms with Crippen molar-refractivity contribution < 1.29 is 4.79 Å². The fourth-order valence-corrected chi connectivity index (χ4v) is 3.00. The second kappa shape index (κ2) is 5.20. The molecule has 0 aliphatic carbocycles. The van der Waals surface area contributed by atoms with Crippen LogP contribution in [0.1, 0.15) is 50.5 Å². The molecule has 102 valence electrons. The Morgan fingerprint density at radius 1 is 1.11 bits per heavy atom. The van der Waals surface area contributed by atoms with Gasteiger partial charge in [-0.15, -0.1) is 0 Å². The number of carbonyl (C=O) groups excluding carboxylic acids is 1. The van der Waals surface area contributed by atoms with Crippen LogP contribution in [0.5, 0.6) is 0 Å². The van der Waals surface area contributed by atoms with Crippen molar-refractivity contribution in [1.82, 2.24) is 4.57 Å². The fourth-order valence-electron chi connectivity index (χ4n) is 3.00. The molecule has 0 unspecified atom stereocenters. The summed E-state index contributed by atoms with van der Waals surface area (Å²) in [6.07, 6.45) is 2.68. The van der Waals surface area contributed by atoms with Crippen molar-refractivity contribution in [2.45, 2.75) is 47.0 Å². The normalized spacial score (nSPS) is 12.0. The molecule has 0 amide bonds. The molecule has 0 radical (unpaired) electrons. The second-order valence-corrected chi connectivity index (χ2v) is 5.33. The van der Waals surface area contributed by atoms with E-state index in [1.807, 2.05) is 29.7 Å². The van der Waals surface area contributed by atoms with E-state index in [2.05, 4.69) is 32.9 Å². The summed E-state index contributed by atoms with van der Waals surface area (Å²) < 4.78 is 1.91. The molecule has 2 aromatic rings. The highest BCUT2D eigenvalue weighted by Crippen LogP contribution is 2.34. The highest BCUT2D eigenvalue weighted by Gasteiger charge is 2.35. The van der Waals surface area contributed by atoms with Crippen molar-refractivity contribution in [2.24, 2.45) is 5.41 Å². The predicted octanol–water partition coefficient (Wildman–Crippen LogP) is 4.81. The average molecular weight is 257 g/mol. The van der Waals surface area contributed by atoms with Crippen molar-refractivity contribution in [1.29, 1.82) is 0 Å². The molecule has 0 aliphatic heterocycles. The molecule has 0 N–H and O–H groups in total. The lowest BCUT2D eigenvalue weighted by atomic mass is 9.79. The van der Waals surface area contributed by atoms with Crippen LogP contribution in [0, 0.1) is 12.3 Å². The summed E-state index contributed by atoms with van der Waals surface area (Å²) >= 11 is 0. The van der Waals surface area contributed by atoms with E-state index in [1.54, 1.807) is 0 Å². The topological polar surface area (TPSA) is 22.0 Å². The lowest BCUT2D eigenvalue weighted by Crippen LogP contribution is -2.34. The number of aromatic nitrogens is 1. The molecule has 0 spiro atoms. The van der Waals surface area contributed by atoms with E-state index < -0.39 is 0 Å². The molecule has 1 aromatic heterocycles. The summed E-state index contributed by atoms with van der Waals surface area (Å²) in [5.74, 6) is 0.249. The largest absolute Gasteiger partial charge is 0.284 e. The standard InChI is InChI=1S/C17H23NO/c1-5-17(6-2,7-3)16(19)18-13(4)12-14-10-8-9-11-15(14)18/h8-12H,5-7H2,1-4H3. The monoisotopic (exact) mass is 257 g/mol. The van der Waals surface area contributed by atoms with E-state index in [9.17, 15) is 4.79 Å². The van der Waals surface area contributed by atoms with Gasteiger partial charge in [-0.2, -0.15) is 0 Å². The predicted molar refractivity (Wildman–Crippen MR) is 80.6 cm³/mol. The Labute approximate surface area is 115 Å². The van der Waals surface area contributed by atoms with Gasteiger partial charge in [0.2, 0.25) is 5.91 Å². The van der Waals surface area contributed by atoms with E-state index >= 15 is 0 Å². The number of nitrogens with zero attached hydrogens (tertiary/aromatic N) is 1. The molecule has 19 heavy (non-hydrogen) atoms. The van der Waals surface area contributed by atoms with Gasteiger partial charge in [0.25, 0.3) is 0 Å². The lowest BCUT2D eigenvalue weighted by molar-refractivity contribution is 0.0672. The van der Waals surface area contributed by atoms with Crippen LogP contribution in [0.3, 0.4) is 0 Å². The molecule has 2 heteroatoms. The first kappa shape index (κ1) is 13.9. The van der Waals surface area contributed by atoms with Gasteiger partial charge in [0.15, 0.2) is 0 Å². The van der Waals surface area contributed by atoms with Crippen molar-refractivity contribution in [3.63, 3.8) is 0 Å². The zero-order valence-corrected chi connectivity index (χ0v) is 12.4. The van der Waals surface area contributed by atoms with Gasteiger partial charge < -0.3 is 0 Å². The maximum Gasteiger partial charge on any atom is 0.237 e. The van der Waals surface area contributed by atoms with Gasteiger partial charge >= 0.3 is 0 Å². The van der Waals surface area contributed by atoms with Crippen LogP contribution in [-0.4, -0.2) is 10.5 Å². The zero-order chi connectivity index (χ0) is 14.0. The summed E-state index contributed by atoms with van der Waals surface area (Å²) in [4.78, 5) is 13.0. The zero-order valence-electron chi connectivity index (χ0n) is 12.4. The van der Waals surface area contributed by atoms with Gasteiger partial charge in [-0.05, 0) is 38.3 Å². The van der Waals surface area contributed by atoms with Crippen LogP contribution in [0.2, 0.25) is 0 Å². The number of hydrogen-bond donors (Lipinski definition) is 0. The van der Waals surface area contributed by atoms with Crippen molar-refractivity contribution in [3.8, 4) is 0 Å². The Balaban J connectivity index is 2.61. The van der Waals surface area contributed by atoms with Gasteiger partial charge in [0.05, 0.1) is 5.52 Å². The van der Waals surface area contributed by atoms with Gasteiger partial charge in [-0.1, -0.05) is 39.0 Å². The number of rotatable bonds is 4. The summed E-state index contributed by atoms with van der Waals surface area (Å²) in [5, 5.41) is 1.14. The Hall–Kier alpha value is -1.57. The third-order valence-electron chi connectivity index (χ3n) is 4.58. The number of carbonyl (C=O) groups is 1. The fraction of sp³-hybridized carbons (Fsp3) is 0.471. The minimum atomic E-state index is -0.230. The van der Waals surface area contributed by atoms with Crippen LogP contribution < -0.4 is 0 Å². The van der Waals surface area contributed by atoms with Crippen molar-refractivity contribution >= 4 is 16.8 Å². The summed E-state index contributed by atoms with van der Waals surface area (Å²) in [6, 6.07) is 10.2. The lowest BCUT2D eigenvalue weighted by Gasteiger charge is -2.29. The highest BCUT2D eigenvalue weighted by molar-refractivity contribution is 5.96. The first-order valence-electron chi connectivity index (χ1n) is 7.21. The molecule has 2 nitrogen and oxygen atoms in total. The van der Waals surface area contributed by atoms with Crippen LogP contribution in [0.25, 0.3) is 10.9 Å². The Kier molecular flexibility index (Phi) is 3.79. The molecule has 0 bridgehead atoms. The van der Waals surface area contributed by atoms with Crippen LogP contribution in [0.4, 0.5) is 0 Å². The minimum absolute atomic E-state index is 0.230. The van der Waals surface area contributed by atoms with E-state index in [0.717, 1.165) is 35.9 Å². The second-order valence-electron chi connectivity index (χ2n) is 5.33. The molecule has 0 atom stereocenters. The van der Waals surface area contributed by atoms with E-state index in [4.69, 9.17) is 0 Å². The summed E-state index contributed by atoms with van der Waals surface area (Å²) in [5.41, 5.74) is 1.84. The molecular formula is C17H23NO.